The van der Waals surface area contributed by atoms with E-state index in [1.165, 1.54) is 36.3 Å². The van der Waals surface area contributed by atoms with Gasteiger partial charge in [0, 0.05) is 19.9 Å². The third kappa shape index (κ3) is 6.07. The van der Waals surface area contributed by atoms with E-state index < -0.39 is 0 Å². The minimum atomic E-state index is -0.189. The average Bonchev–Trinajstić information content (AvgIpc) is 2.61. The molecule has 2 aromatic carbocycles. The molecule has 4 nitrogen and oxygen atoms in total. The summed E-state index contributed by atoms with van der Waals surface area (Å²) in [4.78, 5) is 22.5. The predicted molar refractivity (Wildman–Crippen MR) is 98.4 cm³/mol. The summed E-state index contributed by atoms with van der Waals surface area (Å²) in [5.74, 6) is -0.198. The molecule has 0 aliphatic rings. The van der Waals surface area contributed by atoms with Crippen molar-refractivity contribution >= 4 is 11.9 Å². The van der Waals surface area contributed by atoms with Crippen molar-refractivity contribution in [1.29, 1.82) is 0 Å². The van der Waals surface area contributed by atoms with E-state index in [-0.39, 0.29) is 11.9 Å². The minimum Gasteiger partial charge on any atom is -0.469 e. The van der Waals surface area contributed by atoms with Gasteiger partial charge in [-0.05, 0) is 41.5 Å². The Morgan fingerprint density at radius 3 is 1.92 bits per heavy atom. The predicted octanol–water partition coefficient (Wildman–Crippen LogP) is 3.06. The normalized spacial score (nSPS) is 10.3. The van der Waals surface area contributed by atoms with Gasteiger partial charge in [0.2, 0.25) is 5.91 Å². The van der Waals surface area contributed by atoms with E-state index in [9.17, 15) is 9.59 Å². The summed E-state index contributed by atoms with van der Waals surface area (Å²) in [6.45, 7) is 2.17. The van der Waals surface area contributed by atoms with E-state index >= 15 is 0 Å². The number of methoxy groups -OCH3 is 1. The Morgan fingerprint density at radius 1 is 0.880 bits per heavy atom. The van der Waals surface area contributed by atoms with Crippen molar-refractivity contribution in [2.24, 2.45) is 0 Å². The second kappa shape index (κ2) is 9.62. The Hall–Kier alpha value is -2.62. The maximum atomic E-state index is 11.4. The topological polar surface area (TPSA) is 55.4 Å². The smallest absolute Gasteiger partial charge is 0.305 e. The number of benzene rings is 2. The fourth-order valence-corrected chi connectivity index (χ4v) is 2.86. The van der Waals surface area contributed by atoms with Crippen LogP contribution in [0.15, 0.2) is 48.5 Å². The molecule has 0 saturated heterocycles. The molecule has 4 heteroatoms. The third-order valence-electron chi connectivity index (χ3n) is 4.21. The molecule has 0 aromatic heterocycles. The molecule has 0 aliphatic carbocycles. The van der Waals surface area contributed by atoms with E-state index in [1.807, 2.05) is 24.3 Å². The zero-order chi connectivity index (χ0) is 18.1. The number of hydrogen-bond donors (Lipinski definition) is 1. The number of amides is 1. The monoisotopic (exact) mass is 339 g/mol. The van der Waals surface area contributed by atoms with Gasteiger partial charge in [-0.2, -0.15) is 0 Å². The molecule has 132 valence electrons. The van der Waals surface area contributed by atoms with Gasteiger partial charge in [-0.25, -0.2) is 0 Å². The summed E-state index contributed by atoms with van der Waals surface area (Å²) >= 11 is 0. The zero-order valence-corrected chi connectivity index (χ0v) is 14.9. The molecule has 1 amide bonds. The Bertz CT molecular complexity index is 725. The first kappa shape index (κ1) is 18.7. The number of rotatable bonds is 8. The molecule has 1 N–H and O–H groups in total. The average molecular weight is 339 g/mol. The second-order valence-corrected chi connectivity index (χ2v) is 6.02. The Morgan fingerprint density at radius 2 is 1.40 bits per heavy atom. The lowest BCUT2D eigenvalue weighted by Crippen LogP contribution is -2.22. The van der Waals surface area contributed by atoms with Crippen molar-refractivity contribution in [2.45, 2.75) is 32.6 Å². The van der Waals surface area contributed by atoms with Crippen molar-refractivity contribution < 1.29 is 14.3 Å². The summed E-state index contributed by atoms with van der Waals surface area (Å²) in [6, 6.07) is 16.5. The number of hydrogen-bond acceptors (Lipinski definition) is 3. The number of esters is 1. The molecule has 0 bridgehead atoms. The van der Waals surface area contributed by atoms with Crippen LogP contribution < -0.4 is 5.32 Å². The number of carbonyl (C=O) groups excluding carboxylic acids is 2. The number of ether oxygens (including phenoxy) is 1. The molecule has 0 unspecified atom stereocenters. The lowest BCUT2D eigenvalue weighted by Gasteiger charge is -2.13. The van der Waals surface area contributed by atoms with Gasteiger partial charge in [-0.3, -0.25) is 9.59 Å². The second-order valence-electron chi connectivity index (χ2n) is 6.02. The molecular formula is C21H25NO3. The summed E-state index contributed by atoms with van der Waals surface area (Å²) in [6.07, 6.45) is 2.68. The van der Waals surface area contributed by atoms with Gasteiger partial charge in [0.05, 0.1) is 7.11 Å². The lowest BCUT2D eigenvalue weighted by atomic mass is 9.93. The molecule has 2 rings (SSSR count). The van der Waals surface area contributed by atoms with E-state index in [1.54, 1.807) is 0 Å². The first-order valence-electron chi connectivity index (χ1n) is 8.55. The first-order chi connectivity index (χ1) is 12.1. The Labute approximate surface area is 149 Å². The highest BCUT2D eigenvalue weighted by Crippen LogP contribution is 2.19. The highest BCUT2D eigenvalue weighted by atomic mass is 16.5. The quantitative estimate of drug-likeness (QED) is 0.752. The Kier molecular flexibility index (Phi) is 7.20. The van der Waals surface area contributed by atoms with E-state index in [4.69, 9.17) is 4.74 Å². The molecule has 0 saturated carbocycles. The van der Waals surface area contributed by atoms with Crippen LogP contribution in [0, 0.1) is 0 Å². The van der Waals surface area contributed by atoms with Crippen molar-refractivity contribution in [3.05, 3.63) is 70.8 Å². The van der Waals surface area contributed by atoms with Crippen LogP contribution in [0.4, 0.5) is 0 Å². The van der Waals surface area contributed by atoms with E-state index in [0.717, 1.165) is 12.8 Å². The van der Waals surface area contributed by atoms with Crippen molar-refractivity contribution in [3.8, 4) is 0 Å². The van der Waals surface area contributed by atoms with Gasteiger partial charge in [-0.15, -0.1) is 0 Å². The van der Waals surface area contributed by atoms with Gasteiger partial charge in [0.1, 0.15) is 0 Å². The molecular weight excluding hydrogens is 314 g/mol. The molecule has 25 heavy (non-hydrogen) atoms. The number of carbonyl (C=O) groups is 2. The minimum absolute atomic E-state index is 0.00867. The highest BCUT2D eigenvalue weighted by Gasteiger charge is 2.09. The molecule has 0 aliphatic heterocycles. The number of nitrogens with one attached hydrogen (secondary N) is 1. The fraction of sp³-hybridized carbons (Fsp3) is 0.333. The zero-order valence-electron chi connectivity index (χ0n) is 14.9. The largest absolute Gasteiger partial charge is 0.469 e. The standard InChI is InChI=1S/C21H25NO3/c1-16(23)22-14-13-18-8-4-6-10-20(18)15-19-9-5-3-7-17(19)11-12-21(24)25-2/h3-10H,11-15H2,1-2H3,(H,22,23). The van der Waals surface area contributed by atoms with Gasteiger partial charge in [0.15, 0.2) is 0 Å². The highest BCUT2D eigenvalue weighted by molar-refractivity contribution is 5.72. The summed E-state index contributed by atoms with van der Waals surface area (Å²) in [5, 5.41) is 2.85. The van der Waals surface area contributed by atoms with Crippen LogP contribution in [-0.4, -0.2) is 25.5 Å². The molecule has 0 heterocycles. The lowest BCUT2D eigenvalue weighted by molar-refractivity contribution is -0.140. The van der Waals surface area contributed by atoms with Crippen LogP contribution in [-0.2, 0) is 33.6 Å². The molecule has 0 radical (unpaired) electrons. The fourth-order valence-electron chi connectivity index (χ4n) is 2.86. The first-order valence-corrected chi connectivity index (χ1v) is 8.55. The molecule has 0 atom stereocenters. The van der Waals surface area contributed by atoms with Crippen molar-refractivity contribution in [3.63, 3.8) is 0 Å². The maximum absolute atomic E-state index is 11.4. The maximum Gasteiger partial charge on any atom is 0.305 e. The number of aryl methyl sites for hydroxylation is 1. The van der Waals surface area contributed by atoms with E-state index in [2.05, 4.69) is 29.6 Å². The van der Waals surface area contributed by atoms with Crippen molar-refractivity contribution in [1.82, 2.24) is 5.32 Å². The van der Waals surface area contributed by atoms with Gasteiger partial charge in [-0.1, -0.05) is 48.5 Å². The van der Waals surface area contributed by atoms with Crippen LogP contribution in [0.1, 0.15) is 35.6 Å². The van der Waals surface area contributed by atoms with Crippen LogP contribution >= 0.6 is 0 Å². The summed E-state index contributed by atoms with van der Waals surface area (Å²) < 4.78 is 4.74. The van der Waals surface area contributed by atoms with Crippen LogP contribution in [0.2, 0.25) is 0 Å². The van der Waals surface area contributed by atoms with Crippen LogP contribution in [0.5, 0.6) is 0 Å². The van der Waals surface area contributed by atoms with Gasteiger partial charge in [0.25, 0.3) is 0 Å². The van der Waals surface area contributed by atoms with Crippen molar-refractivity contribution in [2.75, 3.05) is 13.7 Å². The molecule has 0 fully saturated rings. The van der Waals surface area contributed by atoms with E-state index in [0.29, 0.717) is 19.4 Å². The van der Waals surface area contributed by atoms with Crippen LogP contribution in [0.3, 0.4) is 0 Å². The third-order valence-corrected chi connectivity index (χ3v) is 4.21. The van der Waals surface area contributed by atoms with Gasteiger partial charge < -0.3 is 10.1 Å². The molecule has 2 aromatic rings. The molecule has 0 spiro atoms. The SMILES string of the molecule is COC(=O)CCc1ccccc1Cc1ccccc1CCNC(C)=O. The van der Waals surface area contributed by atoms with Crippen LogP contribution in [0.25, 0.3) is 0 Å². The summed E-state index contributed by atoms with van der Waals surface area (Å²) in [7, 11) is 1.42. The Balaban J connectivity index is 2.11. The summed E-state index contributed by atoms with van der Waals surface area (Å²) in [5.41, 5.74) is 4.88. The van der Waals surface area contributed by atoms with Gasteiger partial charge >= 0.3 is 5.97 Å².